The molecule has 8 heteroatoms. The molecule has 0 fully saturated rings. The zero-order valence-corrected chi connectivity index (χ0v) is 14.1. The van der Waals surface area contributed by atoms with Crippen molar-refractivity contribution in [1.29, 1.82) is 0 Å². The second-order valence-corrected chi connectivity index (χ2v) is 6.51. The Balaban J connectivity index is 2.02. The lowest BCUT2D eigenvalue weighted by Crippen LogP contribution is -2.33. The summed E-state index contributed by atoms with van der Waals surface area (Å²) in [5.74, 6) is 0.254. The van der Waals surface area contributed by atoms with Gasteiger partial charge in [0.25, 0.3) is 0 Å². The van der Waals surface area contributed by atoms with Crippen molar-refractivity contribution in [1.82, 2.24) is 19.9 Å². The van der Waals surface area contributed by atoms with E-state index in [1.165, 1.54) is 11.8 Å². The molecule has 0 bridgehead atoms. The second-order valence-electron chi connectivity index (χ2n) is 4.73. The van der Waals surface area contributed by atoms with Crippen LogP contribution in [0.3, 0.4) is 0 Å². The van der Waals surface area contributed by atoms with Gasteiger partial charge in [-0.1, -0.05) is 48.3 Å². The molecule has 0 aromatic carbocycles. The Bertz CT molecular complexity index is 646. The van der Waals surface area contributed by atoms with Gasteiger partial charge in [0.2, 0.25) is 5.91 Å². The molecule has 1 N–H and O–H groups in total. The van der Waals surface area contributed by atoms with Crippen LogP contribution in [-0.2, 0) is 4.79 Å². The number of nitrogens with zero attached hydrogens (tertiary/aromatic N) is 3. The normalized spacial score (nSPS) is 12.6. The van der Waals surface area contributed by atoms with E-state index in [9.17, 15) is 4.79 Å². The van der Waals surface area contributed by atoms with Gasteiger partial charge in [0.15, 0.2) is 10.8 Å². The number of hydrogen-bond acceptors (Lipinski definition) is 4. The highest BCUT2D eigenvalue weighted by Crippen LogP contribution is 2.25. The molecular formula is C13H16Cl2N4OS. The fourth-order valence-electron chi connectivity index (χ4n) is 1.95. The number of amides is 1. The third-order valence-electron chi connectivity index (χ3n) is 2.86. The van der Waals surface area contributed by atoms with Crippen LogP contribution in [-0.4, -0.2) is 32.3 Å². The Hall–Kier alpha value is -0.980. The third kappa shape index (κ3) is 4.25. The minimum absolute atomic E-state index is 0.0224. The molecule has 5 nitrogen and oxygen atoms in total. The molecule has 0 radical (unpaired) electrons. The van der Waals surface area contributed by atoms with Crippen molar-refractivity contribution in [3.05, 3.63) is 22.3 Å². The molecule has 2 rings (SSSR count). The summed E-state index contributed by atoms with van der Waals surface area (Å²) in [5, 5.41) is 12.5. The zero-order valence-electron chi connectivity index (χ0n) is 11.8. The number of aromatic nitrogens is 3. The van der Waals surface area contributed by atoms with E-state index in [1.54, 1.807) is 16.7 Å². The van der Waals surface area contributed by atoms with E-state index in [4.69, 9.17) is 23.2 Å². The van der Waals surface area contributed by atoms with Crippen molar-refractivity contribution in [2.24, 2.45) is 0 Å². The summed E-state index contributed by atoms with van der Waals surface area (Å²) < 4.78 is 1.69. The summed E-state index contributed by atoms with van der Waals surface area (Å²) in [4.78, 5) is 11.9. The van der Waals surface area contributed by atoms with Crippen molar-refractivity contribution in [3.63, 3.8) is 0 Å². The molecule has 1 atom stereocenters. The SMILES string of the molecule is CCCC(C)NC(=O)CSc1nnc2c(Cl)cc(Cl)cn12. The zero-order chi connectivity index (χ0) is 15.4. The Morgan fingerprint density at radius 1 is 1.48 bits per heavy atom. The lowest BCUT2D eigenvalue weighted by atomic mass is 10.2. The summed E-state index contributed by atoms with van der Waals surface area (Å²) in [6, 6.07) is 1.79. The first-order valence-electron chi connectivity index (χ1n) is 6.63. The van der Waals surface area contributed by atoms with E-state index in [1.807, 2.05) is 6.92 Å². The summed E-state index contributed by atoms with van der Waals surface area (Å²) >= 11 is 13.3. The molecule has 2 aromatic heterocycles. The van der Waals surface area contributed by atoms with E-state index >= 15 is 0 Å². The van der Waals surface area contributed by atoms with Crippen LogP contribution in [0, 0.1) is 0 Å². The van der Waals surface area contributed by atoms with Crippen LogP contribution in [0.15, 0.2) is 17.4 Å². The molecule has 0 aliphatic carbocycles. The average Bonchev–Trinajstić information content (AvgIpc) is 2.79. The standard InChI is InChI=1S/C13H16Cl2N4OS/c1-3-4-8(2)16-11(20)7-21-13-18-17-12-10(15)5-9(14)6-19(12)13/h5-6,8H,3-4,7H2,1-2H3,(H,16,20). The Labute approximate surface area is 137 Å². The number of pyridine rings is 1. The van der Waals surface area contributed by atoms with Crippen molar-refractivity contribution >= 4 is 46.5 Å². The van der Waals surface area contributed by atoms with Crippen molar-refractivity contribution in [2.75, 3.05) is 5.75 Å². The van der Waals surface area contributed by atoms with Gasteiger partial charge < -0.3 is 5.32 Å². The first-order chi connectivity index (χ1) is 10.0. The molecule has 1 unspecified atom stereocenters. The monoisotopic (exact) mass is 346 g/mol. The number of hydrogen-bond donors (Lipinski definition) is 1. The minimum atomic E-state index is -0.0224. The first-order valence-corrected chi connectivity index (χ1v) is 8.37. The quantitative estimate of drug-likeness (QED) is 0.814. The Morgan fingerprint density at radius 3 is 2.95 bits per heavy atom. The Morgan fingerprint density at radius 2 is 2.24 bits per heavy atom. The lowest BCUT2D eigenvalue weighted by Gasteiger charge is -2.11. The van der Waals surface area contributed by atoms with Crippen LogP contribution in [0.2, 0.25) is 10.0 Å². The van der Waals surface area contributed by atoms with E-state index < -0.39 is 0 Å². The van der Waals surface area contributed by atoms with Crippen molar-refractivity contribution in [2.45, 2.75) is 37.9 Å². The van der Waals surface area contributed by atoms with Gasteiger partial charge in [0.1, 0.15) is 0 Å². The average molecular weight is 347 g/mol. The first kappa shape index (κ1) is 16.4. The third-order valence-corrected chi connectivity index (χ3v) is 4.28. The molecule has 2 heterocycles. The molecule has 0 spiro atoms. The van der Waals surface area contributed by atoms with Crippen LogP contribution in [0.4, 0.5) is 0 Å². The van der Waals surface area contributed by atoms with E-state index in [0.29, 0.717) is 20.8 Å². The van der Waals surface area contributed by atoms with Crippen LogP contribution in [0.1, 0.15) is 26.7 Å². The number of carbonyl (C=O) groups is 1. The molecule has 2 aromatic rings. The largest absolute Gasteiger partial charge is 0.353 e. The van der Waals surface area contributed by atoms with Gasteiger partial charge in [-0.05, 0) is 19.4 Å². The van der Waals surface area contributed by atoms with Crippen LogP contribution < -0.4 is 5.32 Å². The maximum Gasteiger partial charge on any atom is 0.230 e. The van der Waals surface area contributed by atoms with Crippen LogP contribution in [0.25, 0.3) is 5.65 Å². The summed E-state index contributed by atoms with van der Waals surface area (Å²) in [7, 11) is 0. The summed E-state index contributed by atoms with van der Waals surface area (Å²) in [6.07, 6.45) is 3.69. The van der Waals surface area contributed by atoms with Gasteiger partial charge in [-0.2, -0.15) is 0 Å². The number of carbonyl (C=O) groups excluding carboxylic acids is 1. The predicted molar refractivity (Wildman–Crippen MR) is 86.2 cm³/mol. The van der Waals surface area contributed by atoms with Gasteiger partial charge in [-0.15, -0.1) is 10.2 Å². The molecule has 114 valence electrons. The van der Waals surface area contributed by atoms with Gasteiger partial charge in [0.05, 0.1) is 15.8 Å². The highest BCUT2D eigenvalue weighted by atomic mass is 35.5. The number of fused-ring (bicyclic) bond motifs is 1. The topological polar surface area (TPSA) is 59.3 Å². The fraction of sp³-hybridized carbons (Fsp3) is 0.462. The van der Waals surface area contributed by atoms with Gasteiger partial charge in [0, 0.05) is 12.2 Å². The fourth-order valence-corrected chi connectivity index (χ4v) is 3.18. The predicted octanol–water partition coefficient (Wildman–Crippen LogP) is 3.43. The number of halogens is 2. The maximum absolute atomic E-state index is 11.9. The molecule has 0 saturated heterocycles. The van der Waals surface area contributed by atoms with Gasteiger partial charge in [-0.25, -0.2) is 0 Å². The van der Waals surface area contributed by atoms with Gasteiger partial charge >= 0.3 is 0 Å². The summed E-state index contributed by atoms with van der Waals surface area (Å²) in [6.45, 7) is 4.09. The maximum atomic E-state index is 11.9. The highest BCUT2D eigenvalue weighted by Gasteiger charge is 2.13. The Kier molecular flexibility index (Phi) is 5.72. The molecule has 0 aliphatic rings. The number of thioether (sulfide) groups is 1. The number of nitrogens with one attached hydrogen (secondary N) is 1. The minimum Gasteiger partial charge on any atom is -0.353 e. The van der Waals surface area contributed by atoms with E-state index in [-0.39, 0.29) is 17.7 Å². The van der Waals surface area contributed by atoms with Gasteiger partial charge in [-0.3, -0.25) is 9.20 Å². The molecular weight excluding hydrogens is 331 g/mol. The number of rotatable bonds is 6. The van der Waals surface area contributed by atoms with E-state index in [0.717, 1.165) is 12.8 Å². The smallest absolute Gasteiger partial charge is 0.230 e. The molecule has 0 aliphatic heterocycles. The van der Waals surface area contributed by atoms with E-state index in [2.05, 4.69) is 22.4 Å². The summed E-state index contributed by atoms with van der Waals surface area (Å²) in [5.41, 5.74) is 0.531. The van der Waals surface area contributed by atoms with Crippen LogP contribution in [0.5, 0.6) is 0 Å². The molecule has 0 saturated carbocycles. The lowest BCUT2D eigenvalue weighted by molar-refractivity contribution is -0.119. The second kappa shape index (κ2) is 7.33. The molecule has 1 amide bonds. The van der Waals surface area contributed by atoms with Crippen LogP contribution >= 0.6 is 35.0 Å². The highest BCUT2D eigenvalue weighted by molar-refractivity contribution is 7.99. The molecule has 21 heavy (non-hydrogen) atoms. The van der Waals surface area contributed by atoms with Crippen molar-refractivity contribution in [3.8, 4) is 0 Å². The van der Waals surface area contributed by atoms with Crippen molar-refractivity contribution < 1.29 is 4.79 Å².